The Morgan fingerprint density at radius 1 is 0.944 bits per heavy atom. The largest absolute Gasteiger partial charge is 0.389 e. The van der Waals surface area contributed by atoms with Crippen LogP contribution in [0.3, 0.4) is 0 Å². The second kappa shape index (κ2) is 10.2. The zero-order chi connectivity index (χ0) is 13.9. The molecule has 0 bridgehead atoms. The minimum atomic E-state index is -4.00. The van der Waals surface area contributed by atoms with Crippen LogP contribution < -0.4 is 5.32 Å². The molecule has 0 aliphatic carbocycles. The van der Waals surface area contributed by atoms with Gasteiger partial charge in [0.05, 0.1) is 0 Å². The fraction of sp³-hybridized carbons (Fsp3) is 0.923. The van der Waals surface area contributed by atoms with Crippen molar-refractivity contribution < 1.29 is 18.0 Å². The summed E-state index contributed by atoms with van der Waals surface area (Å²) in [6.45, 7) is 2.52. The Hall–Kier alpha value is -0.740. The van der Waals surface area contributed by atoms with E-state index in [1.54, 1.807) is 0 Å². The zero-order valence-corrected chi connectivity index (χ0v) is 11.1. The molecule has 18 heavy (non-hydrogen) atoms. The van der Waals surface area contributed by atoms with Crippen LogP contribution in [0.4, 0.5) is 13.2 Å². The standard InChI is InChI=1S/C13H24F3NO/c1-2-12(18)17-11-9-7-5-3-4-6-8-10-13(14,15)16/h2-11H2,1H3,(H,17,18). The average molecular weight is 267 g/mol. The van der Waals surface area contributed by atoms with Gasteiger partial charge in [0.2, 0.25) is 5.91 Å². The van der Waals surface area contributed by atoms with Crippen LogP contribution in [0.1, 0.15) is 64.7 Å². The Labute approximate surface area is 107 Å². The predicted octanol–water partition coefficient (Wildman–Crippen LogP) is 4.20. The first kappa shape index (κ1) is 17.3. The molecule has 0 heterocycles. The quantitative estimate of drug-likeness (QED) is 0.591. The molecule has 0 atom stereocenters. The van der Waals surface area contributed by atoms with E-state index < -0.39 is 12.6 Å². The zero-order valence-electron chi connectivity index (χ0n) is 11.1. The van der Waals surface area contributed by atoms with Crippen molar-refractivity contribution in [3.63, 3.8) is 0 Å². The molecule has 0 radical (unpaired) electrons. The van der Waals surface area contributed by atoms with Crippen LogP contribution in [0.2, 0.25) is 0 Å². The highest BCUT2D eigenvalue weighted by Crippen LogP contribution is 2.23. The lowest BCUT2D eigenvalue weighted by Gasteiger charge is -2.06. The van der Waals surface area contributed by atoms with Crippen molar-refractivity contribution in [1.82, 2.24) is 5.32 Å². The predicted molar refractivity (Wildman–Crippen MR) is 66.3 cm³/mol. The van der Waals surface area contributed by atoms with E-state index in [1.165, 1.54) is 0 Å². The van der Waals surface area contributed by atoms with Crippen LogP contribution in [-0.2, 0) is 4.79 Å². The molecule has 0 spiro atoms. The summed E-state index contributed by atoms with van der Waals surface area (Å²) in [5, 5.41) is 2.80. The van der Waals surface area contributed by atoms with Crippen molar-refractivity contribution in [2.75, 3.05) is 6.54 Å². The first-order chi connectivity index (χ1) is 8.45. The van der Waals surface area contributed by atoms with Crippen LogP contribution in [0, 0.1) is 0 Å². The molecule has 2 nitrogen and oxygen atoms in total. The number of hydrogen-bond acceptors (Lipinski definition) is 1. The molecule has 0 saturated carbocycles. The smallest absolute Gasteiger partial charge is 0.356 e. The Kier molecular flexibility index (Phi) is 9.79. The van der Waals surface area contributed by atoms with Crippen LogP contribution in [0.25, 0.3) is 0 Å². The first-order valence-corrected chi connectivity index (χ1v) is 6.79. The third-order valence-electron chi connectivity index (χ3n) is 2.78. The SMILES string of the molecule is CCC(=O)NCCCCCCCCCC(F)(F)F. The highest BCUT2D eigenvalue weighted by molar-refractivity contribution is 5.75. The van der Waals surface area contributed by atoms with E-state index in [4.69, 9.17) is 0 Å². The number of rotatable bonds is 10. The summed E-state index contributed by atoms with van der Waals surface area (Å²) >= 11 is 0. The van der Waals surface area contributed by atoms with Crippen molar-refractivity contribution in [3.05, 3.63) is 0 Å². The van der Waals surface area contributed by atoms with Gasteiger partial charge in [0.1, 0.15) is 0 Å². The van der Waals surface area contributed by atoms with Gasteiger partial charge in [-0.3, -0.25) is 4.79 Å². The number of alkyl halides is 3. The van der Waals surface area contributed by atoms with Gasteiger partial charge in [-0.25, -0.2) is 0 Å². The molecule has 108 valence electrons. The molecule has 0 aliphatic heterocycles. The maximum atomic E-state index is 11.8. The van der Waals surface area contributed by atoms with E-state index in [-0.39, 0.29) is 12.3 Å². The van der Waals surface area contributed by atoms with Crippen molar-refractivity contribution >= 4 is 5.91 Å². The normalized spacial score (nSPS) is 11.6. The van der Waals surface area contributed by atoms with Crippen LogP contribution in [0.5, 0.6) is 0 Å². The molecule has 0 saturated heterocycles. The van der Waals surface area contributed by atoms with E-state index in [9.17, 15) is 18.0 Å². The molecular formula is C13H24F3NO. The van der Waals surface area contributed by atoms with Gasteiger partial charge in [0.25, 0.3) is 0 Å². The summed E-state index contributed by atoms with van der Waals surface area (Å²) in [7, 11) is 0. The van der Waals surface area contributed by atoms with Gasteiger partial charge in [-0.1, -0.05) is 39.0 Å². The van der Waals surface area contributed by atoms with Crippen LogP contribution in [-0.4, -0.2) is 18.6 Å². The van der Waals surface area contributed by atoms with Gasteiger partial charge >= 0.3 is 6.18 Å². The number of nitrogens with one attached hydrogen (secondary N) is 1. The van der Waals surface area contributed by atoms with E-state index in [0.29, 0.717) is 19.4 Å². The topological polar surface area (TPSA) is 29.1 Å². The highest BCUT2D eigenvalue weighted by atomic mass is 19.4. The fourth-order valence-corrected chi connectivity index (χ4v) is 1.69. The molecule has 0 unspecified atom stereocenters. The Morgan fingerprint density at radius 2 is 1.44 bits per heavy atom. The summed E-state index contributed by atoms with van der Waals surface area (Å²) in [6.07, 6.45) is 1.64. The number of unbranched alkanes of at least 4 members (excludes halogenated alkanes) is 6. The second-order valence-corrected chi connectivity index (χ2v) is 4.54. The summed E-state index contributed by atoms with van der Waals surface area (Å²) < 4.78 is 35.5. The number of hydrogen-bond donors (Lipinski definition) is 1. The summed E-state index contributed by atoms with van der Waals surface area (Å²) in [5.74, 6) is 0.0714. The average Bonchev–Trinajstić information content (AvgIpc) is 2.29. The minimum absolute atomic E-state index is 0.0714. The van der Waals surface area contributed by atoms with Gasteiger partial charge in [0, 0.05) is 19.4 Å². The van der Waals surface area contributed by atoms with Gasteiger partial charge < -0.3 is 5.32 Å². The van der Waals surface area contributed by atoms with E-state index >= 15 is 0 Å². The molecule has 5 heteroatoms. The molecule has 0 aromatic carbocycles. The van der Waals surface area contributed by atoms with E-state index in [2.05, 4.69) is 5.32 Å². The Balaban J connectivity index is 3.10. The van der Waals surface area contributed by atoms with Gasteiger partial charge in [-0.2, -0.15) is 13.2 Å². The molecule has 0 aromatic rings. The van der Waals surface area contributed by atoms with Gasteiger partial charge in [-0.15, -0.1) is 0 Å². The molecular weight excluding hydrogens is 243 g/mol. The highest BCUT2D eigenvalue weighted by Gasteiger charge is 2.25. The lowest BCUT2D eigenvalue weighted by atomic mass is 10.1. The van der Waals surface area contributed by atoms with Gasteiger partial charge in [-0.05, 0) is 12.8 Å². The number of carbonyl (C=O) groups is 1. The molecule has 1 N–H and O–H groups in total. The Morgan fingerprint density at radius 3 is 1.94 bits per heavy atom. The molecule has 0 fully saturated rings. The minimum Gasteiger partial charge on any atom is -0.356 e. The molecule has 1 amide bonds. The maximum Gasteiger partial charge on any atom is 0.389 e. The van der Waals surface area contributed by atoms with Crippen LogP contribution >= 0.6 is 0 Å². The first-order valence-electron chi connectivity index (χ1n) is 6.79. The van der Waals surface area contributed by atoms with E-state index in [1.807, 2.05) is 6.92 Å². The molecule has 0 rings (SSSR count). The monoisotopic (exact) mass is 267 g/mol. The lowest BCUT2D eigenvalue weighted by molar-refractivity contribution is -0.135. The van der Waals surface area contributed by atoms with Crippen LogP contribution in [0.15, 0.2) is 0 Å². The maximum absolute atomic E-state index is 11.8. The molecule has 0 aliphatic rings. The summed E-state index contributed by atoms with van der Waals surface area (Å²) in [6, 6.07) is 0. The summed E-state index contributed by atoms with van der Waals surface area (Å²) in [5.41, 5.74) is 0. The number of amides is 1. The van der Waals surface area contributed by atoms with Crippen molar-refractivity contribution in [3.8, 4) is 0 Å². The number of carbonyl (C=O) groups excluding carboxylic acids is 1. The fourth-order valence-electron chi connectivity index (χ4n) is 1.69. The lowest BCUT2D eigenvalue weighted by Crippen LogP contribution is -2.23. The van der Waals surface area contributed by atoms with Crippen molar-refractivity contribution in [2.24, 2.45) is 0 Å². The van der Waals surface area contributed by atoms with Crippen molar-refractivity contribution in [2.45, 2.75) is 70.9 Å². The number of halogens is 3. The second-order valence-electron chi connectivity index (χ2n) is 4.54. The summed E-state index contributed by atoms with van der Waals surface area (Å²) in [4.78, 5) is 10.9. The Bertz CT molecular complexity index is 217. The third kappa shape index (κ3) is 13.3. The molecule has 0 aromatic heterocycles. The van der Waals surface area contributed by atoms with Gasteiger partial charge in [0.15, 0.2) is 0 Å². The van der Waals surface area contributed by atoms with E-state index in [0.717, 1.165) is 32.1 Å². The van der Waals surface area contributed by atoms with Crippen molar-refractivity contribution in [1.29, 1.82) is 0 Å². The third-order valence-corrected chi connectivity index (χ3v) is 2.78.